The van der Waals surface area contributed by atoms with Crippen LogP contribution in [0.5, 0.6) is 0 Å². The molecule has 7 nitrogen and oxygen atoms in total. The average Bonchev–Trinajstić information content (AvgIpc) is 2.99. The lowest BCUT2D eigenvalue weighted by Gasteiger charge is -2.10. The third-order valence-corrected chi connectivity index (χ3v) is 4.98. The van der Waals surface area contributed by atoms with E-state index in [2.05, 4.69) is 15.4 Å². The van der Waals surface area contributed by atoms with E-state index in [1.54, 1.807) is 36.4 Å². The zero-order valence-corrected chi connectivity index (χ0v) is 16.0. The van der Waals surface area contributed by atoms with Crippen LogP contribution in [0.15, 0.2) is 42.6 Å². The molecule has 3 N–H and O–H groups in total. The summed E-state index contributed by atoms with van der Waals surface area (Å²) in [5.74, 6) is -0.774. The van der Waals surface area contributed by atoms with E-state index < -0.39 is 5.91 Å². The van der Waals surface area contributed by atoms with Gasteiger partial charge in [0.1, 0.15) is 0 Å². The second kappa shape index (κ2) is 6.78. The molecule has 0 spiro atoms. The van der Waals surface area contributed by atoms with E-state index in [-0.39, 0.29) is 27.0 Å². The van der Waals surface area contributed by atoms with Gasteiger partial charge in [-0.15, -0.1) is 0 Å². The molecule has 0 radical (unpaired) electrons. The zero-order chi connectivity index (χ0) is 20.0. The van der Waals surface area contributed by atoms with Crippen LogP contribution in [-0.2, 0) is 0 Å². The Labute approximate surface area is 168 Å². The Morgan fingerprint density at radius 1 is 1.11 bits per heavy atom. The van der Waals surface area contributed by atoms with Gasteiger partial charge in [0.05, 0.1) is 37.7 Å². The molecular weight excluding hydrogens is 401 g/mol. The number of carbonyl (C=O) groups is 2. The number of aromatic nitrogens is 3. The first-order chi connectivity index (χ1) is 13.4. The number of amides is 1. The molecule has 9 heteroatoms. The number of carbonyl (C=O) groups excluding carboxylic acids is 2. The van der Waals surface area contributed by atoms with Crippen LogP contribution in [0.4, 0.5) is 5.69 Å². The first-order valence-electron chi connectivity index (χ1n) is 8.22. The summed E-state index contributed by atoms with van der Waals surface area (Å²) in [6.07, 6.45) is 1.49. The molecule has 0 saturated carbocycles. The Morgan fingerprint density at radius 2 is 1.79 bits per heavy atom. The first-order valence-corrected chi connectivity index (χ1v) is 8.97. The predicted octanol–water partition coefficient (Wildman–Crippen LogP) is 4.22. The van der Waals surface area contributed by atoms with Gasteiger partial charge in [0.15, 0.2) is 5.49 Å². The number of anilines is 1. The minimum Gasteiger partial charge on any atom is -0.320 e. The summed E-state index contributed by atoms with van der Waals surface area (Å²) in [6, 6.07) is 10.1. The normalized spacial score (nSPS) is 11.1. The molecule has 28 heavy (non-hydrogen) atoms. The Bertz CT molecular complexity index is 1320. The molecule has 0 aliphatic carbocycles. The van der Waals surface area contributed by atoms with Crippen LogP contribution in [0, 0.1) is 5.41 Å². The topological polar surface area (TPSA) is 104 Å². The molecule has 0 saturated heterocycles. The summed E-state index contributed by atoms with van der Waals surface area (Å²) in [7, 11) is 0. The largest absolute Gasteiger partial charge is 0.320 e. The number of pyridine rings is 1. The highest BCUT2D eigenvalue weighted by Gasteiger charge is 2.17. The summed E-state index contributed by atoms with van der Waals surface area (Å²) in [6.45, 7) is 1.36. The summed E-state index contributed by atoms with van der Waals surface area (Å²) >= 11 is 12.2. The van der Waals surface area contributed by atoms with Crippen molar-refractivity contribution in [1.82, 2.24) is 14.8 Å². The maximum absolute atomic E-state index is 12.7. The van der Waals surface area contributed by atoms with Crippen LogP contribution in [0.2, 0.25) is 10.0 Å². The summed E-state index contributed by atoms with van der Waals surface area (Å²) in [5, 5.41) is 15.5. The molecule has 0 unspecified atom stereocenters. The Balaban J connectivity index is 1.86. The molecule has 4 aromatic rings. The van der Waals surface area contributed by atoms with Crippen LogP contribution in [0.3, 0.4) is 0 Å². The second-order valence-electron chi connectivity index (χ2n) is 6.11. The summed E-state index contributed by atoms with van der Waals surface area (Å²) < 4.78 is 1.14. The highest BCUT2D eigenvalue weighted by atomic mass is 35.5. The van der Waals surface area contributed by atoms with Crippen molar-refractivity contribution >= 4 is 62.5 Å². The number of fused-ring (bicyclic) bond motifs is 3. The van der Waals surface area contributed by atoms with E-state index in [0.717, 1.165) is 4.68 Å². The third kappa shape index (κ3) is 2.85. The molecule has 0 atom stereocenters. The molecular formula is C19H13Cl2N5O2. The van der Waals surface area contributed by atoms with Crippen molar-refractivity contribution in [3.8, 4) is 0 Å². The van der Waals surface area contributed by atoms with Crippen molar-refractivity contribution in [3.05, 3.63) is 63.7 Å². The van der Waals surface area contributed by atoms with Crippen molar-refractivity contribution in [2.75, 3.05) is 5.32 Å². The molecule has 2 aromatic heterocycles. The number of para-hydroxylation sites is 1. The number of halogens is 2. The van der Waals surface area contributed by atoms with Crippen LogP contribution in [0.1, 0.15) is 22.1 Å². The number of aromatic amines is 1. The highest BCUT2D eigenvalue weighted by Crippen LogP contribution is 2.29. The summed E-state index contributed by atoms with van der Waals surface area (Å²) in [4.78, 5) is 28.8. The van der Waals surface area contributed by atoms with Gasteiger partial charge in [-0.3, -0.25) is 25.1 Å². The van der Waals surface area contributed by atoms with Crippen molar-refractivity contribution in [1.29, 1.82) is 5.41 Å². The lowest BCUT2D eigenvalue weighted by molar-refractivity contribution is 0.0916. The van der Waals surface area contributed by atoms with Gasteiger partial charge in [-0.25, -0.2) is 4.68 Å². The van der Waals surface area contributed by atoms with Crippen molar-refractivity contribution < 1.29 is 9.59 Å². The third-order valence-electron chi connectivity index (χ3n) is 4.35. The van der Waals surface area contributed by atoms with Crippen LogP contribution in [0.25, 0.3) is 21.8 Å². The van der Waals surface area contributed by atoms with E-state index in [4.69, 9.17) is 28.6 Å². The number of nitrogens with one attached hydrogen (secondary N) is 3. The molecule has 0 bridgehead atoms. The maximum atomic E-state index is 12.7. The summed E-state index contributed by atoms with van der Waals surface area (Å²) in [5.41, 5.74) is 1.73. The van der Waals surface area contributed by atoms with Gasteiger partial charge < -0.3 is 5.32 Å². The average molecular weight is 414 g/mol. The zero-order valence-electron chi connectivity index (χ0n) is 14.5. The van der Waals surface area contributed by atoms with E-state index >= 15 is 0 Å². The van der Waals surface area contributed by atoms with Crippen LogP contribution in [-0.4, -0.2) is 26.6 Å². The van der Waals surface area contributed by atoms with Gasteiger partial charge in [-0.05, 0) is 18.2 Å². The smallest absolute Gasteiger partial charge is 0.258 e. The fraction of sp³-hybridized carbons (Fsp3) is 0.0526. The fourth-order valence-electron chi connectivity index (χ4n) is 3.05. The fourth-order valence-corrected chi connectivity index (χ4v) is 3.62. The molecule has 0 fully saturated rings. The Kier molecular flexibility index (Phi) is 4.41. The lowest BCUT2D eigenvalue weighted by atomic mass is 10.1. The second-order valence-corrected chi connectivity index (χ2v) is 6.93. The number of benzene rings is 2. The quantitative estimate of drug-likeness (QED) is 0.458. The number of H-pyrrole nitrogens is 1. The minimum atomic E-state index is -0.462. The predicted molar refractivity (Wildman–Crippen MR) is 108 cm³/mol. The van der Waals surface area contributed by atoms with Gasteiger partial charge in [-0.2, -0.15) is 0 Å². The van der Waals surface area contributed by atoms with E-state index in [9.17, 15) is 9.59 Å². The van der Waals surface area contributed by atoms with Crippen molar-refractivity contribution in [2.24, 2.45) is 0 Å². The van der Waals surface area contributed by atoms with Crippen LogP contribution < -0.4 is 10.8 Å². The minimum absolute atomic E-state index is 0.0224. The maximum Gasteiger partial charge on any atom is 0.258 e. The van der Waals surface area contributed by atoms with Crippen molar-refractivity contribution in [2.45, 2.75) is 6.92 Å². The number of hydrogen-bond acceptors (Lipinski definition) is 4. The molecule has 140 valence electrons. The first kappa shape index (κ1) is 18.2. The Morgan fingerprint density at radius 3 is 2.46 bits per heavy atom. The monoisotopic (exact) mass is 413 g/mol. The number of hydrogen-bond donors (Lipinski definition) is 3. The van der Waals surface area contributed by atoms with Crippen LogP contribution >= 0.6 is 23.2 Å². The van der Waals surface area contributed by atoms with Gasteiger partial charge in [0.2, 0.25) is 5.91 Å². The lowest BCUT2D eigenvalue weighted by Crippen LogP contribution is -2.21. The number of rotatable bonds is 2. The molecule has 4 rings (SSSR count). The Hall–Kier alpha value is -3.16. The molecule has 0 aliphatic heterocycles. The standard InChI is InChI=1S/C19H13Cl2N5O2/c1-9(27)26-18(22)11-8-23-17-10(16(11)25-26)4-2-7-14(17)24-19(28)15-12(20)5-3-6-13(15)21/h2-8,22,25H,1H3,(H,24,28). The number of nitrogens with zero attached hydrogens (tertiary/aromatic N) is 2. The molecule has 2 heterocycles. The van der Waals surface area contributed by atoms with Gasteiger partial charge >= 0.3 is 0 Å². The van der Waals surface area contributed by atoms with Crippen molar-refractivity contribution in [3.63, 3.8) is 0 Å². The molecule has 1 amide bonds. The van der Waals surface area contributed by atoms with Gasteiger partial charge in [0.25, 0.3) is 5.91 Å². The van der Waals surface area contributed by atoms with E-state index in [0.29, 0.717) is 27.5 Å². The SMILES string of the molecule is CC(=O)n1[nH]c2c(cnc3c(NC(=O)c4c(Cl)cccc4Cl)cccc32)c1=N. The molecule has 2 aromatic carbocycles. The highest BCUT2D eigenvalue weighted by molar-refractivity contribution is 6.40. The molecule has 0 aliphatic rings. The van der Waals surface area contributed by atoms with Gasteiger partial charge in [-0.1, -0.05) is 41.4 Å². The van der Waals surface area contributed by atoms with E-state index in [1.807, 2.05) is 0 Å². The van der Waals surface area contributed by atoms with E-state index in [1.165, 1.54) is 13.1 Å². The van der Waals surface area contributed by atoms with Gasteiger partial charge in [0, 0.05) is 18.5 Å².